The first-order valence-electron chi connectivity index (χ1n) is 7.89. The Morgan fingerprint density at radius 1 is 1.24 bits per heavy atom. The zero-order valence-electron chi connectivity index (χ0n) is 14.4. The lowest BCUT2D eigenvalue weighted by Crippen LogP contribution is -2.22. The van der Waals surface area contributed by atoms with E-state index in [9.17, 15) is 4.79 Å². The molecule has 1 aliphatic heterocycles. The van der Waals surface area contributed by atoms with Crippen LogP contribution in [0.2, 0.25) is 0 Å². The lowest BCUT2D eigenvalue weighted by Gasteiger charge is -2.12. The van der Waals surface area contributed by atoms with E-state index in [-0.39, 0.29) is 12.7 Å². The Labute approximate surface area is 146 Å². The zero-order chi connectivity index (χ0) is 17.8. The summed E-state index contributed by atoms with van der Waals surface area (Å²) in [7, 11) is 3.76. The Kier molecular flexibility index (Phi) is 4.83. The zero-order valence-corrected chi connectivity index (χ0v) is 14.4. The molecule has 0 fully saturated rings. The van der Waals surface area contributed by atoms with E-state index in [2.05, 4.69) is 15.3 Å². The van der Waals surface area contributed by atoms with Crippen LogP contribution in [0.15, 0.2) is 30.3 Å². The number of aromatic nitrogens is 2. The highest BCUT2D eigenvalue weighted by Gasteiger charge is 2.12. The molecule has 1 aromatic heterocycles. The Morgan fingerprint density at radius 2 is 2.04 bits per heavy atom. The van der Waals surface area contributed by atoms with E-state index in [0.29, 0.717) is 18.2 Å². The highest BCUT2D eigenvalue weighted by atomic mass is 16.7. The Balaban J connectivity index is 1.59. The lowest BCUT2D eigenvalue weighted by atomic mass is 10.2. The molecule has 2 aromatic rings. The van der Waals surface area contributed by atoms with Crippen molar-refractivity contribution in [3.63, 3.8) is 0 Å². The molecule has 1 aliphatic rings. The summed E-state index contributed by atoms with van der Waals surface area (Å²) in [6, 6.07) is 7.39. The van der Waals surface area contributed by atoms with Gasteiger partial charge in [-0.1, -0.05) is 6.07 Å². The number of rotatable bonds is 5. The molecular formula is C18H20N4O3. The molecule has 7 heteroatoms. The number of aryl methyl sites for hydroxylation is 1. The Morgan fingerprint density at radius 3 is 2.84 bits per heavy atom. The van der Waals surface area contributed by atoms with Crippen LogP contribution in [0.5, 0.6) is 11.5 Å². The number of carbonyl (C=O) groups excluding carboxylic acids is 1. The molecule has 0 atom stereocenters. The van der Waals surface area contributed by atoms with E-state index in [1.165, 1.54) is 6.08 Å². The van der Waals surface area contributed by atoms with Crippen LogP contribution >= 0.6 is 0 Å². The van der Waals surface area contributed by atoms with E-state index in [4.69, 9.17) is 9.47 Å². The molecule has 3 rings (SSSR count). The number of benzene rings is 1. The largest absolute Gasteiger partial charge is 0.454 e. The van der Waals surface area contributed by atoms with Crippen LogP contribution in [0.25, 0.3) is 6.08 Å². The summed E-state index contributed by atoms with van der Waals surface area (Å²) in [5, 5.41) is 2.82. The number of amides is 1. The second-order valence-corrected chi connectivity index (χ2v) is 5.86. The van der Waals surface area contributed by atoms with Gasteiger partial charge in [0.1, 0.15) is 0 Å². The average molecular weight is 340 g/mol. The second kappa shape index (κ2) is 7.21. The molecule has 2 heterocycles. The van der Waals surface area contributed by atoms with Gasteiger partial charge in [0.05, 0.1) is 12.2 Å². The van der Waals surface area contributed by atoms with Crippen molar-refractivity contribution in [2.24, 2.45) is 0 Å². The third-order valence-corrected chi connectivity index (χ3v) is 3.56. The van der Waals surface area contributed by atoms with Crippen LogP contribution in [0.4, 0.5) is 5.95 Å². The third-order valence-electron chi connectivity index (χ3n) is 3.56. The maximum Gasteiger partial charge on any atom is 0.244 e. The summed E-state index contributed by atoms with van der Waals surface area (Å²) in [5.74, 6) is 1.84. The maximum absolute atomic E-state index is 12.0. The van der Waals surface area contributed by atoms with E-state index < -0.39 is 0 Å². The quantitative estimate of drug-likeness (QED) is 0.838. The van der Waals surface area contributed by atoms with Crippen molar-refractivity contribution < 1.29 is 14.3 Å². The van der Waals surface area contributed by atoms with E-state index in [0.717, 1.165) is 22.7 Å². The van der Waals surface area contributed by atoms with Gasteiger partial charge in [-0.05, 0) is 36.8 Å². The minimum atomic E-state index is -0.194. The summed E-state index contributed by atoms with van der Waals surface area (Å²) < 4.78 is 10.6. The summed E-state index contributed by atoms with van der Waals surface area (Å²) in [6.45, 7) is 2.48. The molecule has 0 spiro atoms. The van der Waals surface area contributed by atoms with Crippen molar-refractivity contribution >= 4 is 17.9 Å². The summed E-state index contributed by atoms with van der Waals surface area (Å²) in [4.78, 5) is 22.6. The molecular weight excluding hydrogens is 320 g/mol. The number of fused-ring (bicyclic) bond motifs is 1. The predicted octanol–water partition coefficient (Wildman–Crippen LogP) is 1.91. The molecule has 0 saturated carbocycles. The van der Waals surface area contributed by atoms with Crippen LogP contribution in [-0.2, 0) is 11.3 Å². The number of ether oxygens (including phenoxy) is 2. The number of hydrogen-bond donors (Lipinski definition) is 1. The van der Waals surface area contributed by atoms with Crippen molar-refractivity contribution in [2.45, 2.75) is 13.5 Å². The van der Waals surface area contributed by atoms with Crippen molar-refractivity contribution in [3.8, 4) is 11.5 Å². The Bertz CT molecular complexity index is 818. The lowest BCUT2D eigenvalue weighted by molar-refractivity contribution is -0.116. The average Bonchev–Trinajstić information content (AvgIpc) is 3.05. The van der Waals surface area contributed by atoms with Crippen LogP contribution in [0.1, 0.15) is 17.0 Å². The van der Waals surface area contributed by atoms with Crippen molar-refractivity contribution in [2.75, 3.05) is 25.8 Å². The monoisotopic (exact) mass is 340 g/mol. The summed E-state index contributed by atoms with van der Waals surface area (Å²) in [6.07, 6.45) is 3.21. The molecule has 1 N–H and O–H groups in total. The second-order valence-electron chi connectivity index (χ2n) is 5.86. The van der Waals surface area contributed by atoms with Gasteiger partial charge in [-0.3, -0.25) is 4.79 Å². The van der Waals surface area contributed by atoms with Gasteiger partial charge in [0.25, 0.3) is 0 Å². The van der Waals surface area contributed by atoms with E-state index in [1.54, 1.807) is 6.08 Å². The molecule has 1 aromatic carbocycles. The molecule has 1 amide bonds. The van der Waals surface area contributed by atoms with Crippen LogP contribution in [0.3, 0.4) is 0 Å². The molecule has 130 valence electrons. The molecule has 25 heavy (non-hydrogen) atoms. The number of nitrogens with zero attached hydrogens (tertiary/aromatic N) is 3. The fourth-order valence-electron chi connectivity index (χ4n) is 2.33. The van der Waals surface area contributed by atoms with Crippen molar-refractivity contribution in [3.05, 3.63) is 47.3 Å². The van der Waals surface area contributed by atoms with Gasteiger partial charge in [-0.15, -0.1) is 0 Å². The van der Waals surface area contributed by atoms with Gasteiger partial charge < -0.3 is 19.7 Å². The molecule has 7 nitrogen and oxygen atoms in total. The highest BCUT2D eigenvalue weighted by Crippen LogP contribution is 2.32. The number of nitrogens with one attached hydrogen (secondary N) is 1. The summed E-state index contributed by atoms with van der Waals surface area (Å²) in [5.41, 5.74) is 2.49. The molecule has 0 aliphatic carbocycles. The molecule has 0 bridgehead atoms. The fraction of sp³-hybridized carbons (Fsp3) is 0.278. The van der Waals surface area contributed by atoms with Gasteiger partial charge >= 0.3 is 0 Å². The molecule has 0 unspecified atom stereocenters. The first kappa shape index (κ1) is 16.8. The van der Waals surface area contributed by atoms with Crippen molar-refractivity contribution in [1.82, 2.24) is 15.3 Å². The van der Waals surface area contributed by atoms with E-state index >= 15 is 0 Å². The van der Waals surface area contributed by atoms with Gasteiger partial charge in [-0.25, -0.2) is 9.97 Å². The van der Waals surface area contributed by atoms with Gasteiger partial charge in [0.15, 0.2) is 11.5 Å². The first-order chi connectivity index (χ1) is 12.0. The standard InChI is InChI=1S/C18H20N4O3/c1-12-8-14(21-18(20-12)22(2)3)10-19-17(23)7-5-13-4-6-15-16(9-13)25-11-24-15/h4-9H,10-11H2,1-3H3,(H,19,23)/b7-5+. The fourth-order valence-corrected chi connectivity index (χ4v) is 2.33. The number of anilines is 1. The predicted molar refractivity (Wildman–Crippen MR) is 94.5 cm³/mol. The third kappa shape index (κ3) is 4.26. The first-order valence-corrected chi connectivity index (χ1v) is 7.89. The van der Waals surface area contributed by atoms with Crippen LogP contribution in [0, 0.1) is 6.92 Å². The van der Waals surface area contributed by atoms with Crippen LogP contribution in [-0.4, -0.2) is 36.8 Å². The smallest absolute Gasteiger partial charge is 0.244 e. The normalized spacial score (nSPS) is 12.4. The van der Waals surface area contributed by atoms with Gasteiger partial charge in [0.2, 0.25) is 18.6 Å². The van der Waals surface area contributed by atoms with Crippen LogP contribution < -0.4 is 19.7 Å². The minimum absolute atomic E-state index is 0.194. The molecule has 0 radical (unpaired) electrons. The maximum atomic E-state index is 12.0. The number of carbonyl (C=O) groups is 1. The van der Waals surface area contributed by atoms with Crippen molar-refractivity contribution in [1.29, 1.82) is 0 Å². The van der Waals surface area contributed by atoms with E-state index in [1.807, 2.05) is 50.2 Å². The van der Waals surface area contributed by atoms with Gasteiger partial charge in [-0.2, -0.15) is 0 Å². The topological polar surface area (TPSA) is 76.6 Å². The highest BCUT2D eigenvalue weighted by molar-refractivity contribution is 5.91. The minimum Gasteiger partial charge on any atom is -0.454 e. The SMILES string of the molecule is Cc1cc(CNC(=O)/C=C/c2ccc3c(c2)OCO3)nc(N(C)C)n1. The summed E-state index contributed by atoms with van der Waals surface area (Å²) >= 11 is 0. The Hall–Kier alpha value is -3.09. The number of hydrogen-bond acceptors (Lipinski definition) is 6. The van der Waals surface area contributed by atoms with Gasteiger partial charge in [0, 0.05) is 25.9 Å². The molecule has 0 saturated heterocycles.